The van der Waals surface area contributed by atoms with E-state index >= 15 is 0 Å². The number of fused-ring (bicyclic) bond motifs is 1. The van der Waals surface area contributed by atoms with Crippen molar-refractivity contribution in [3.8, 4) is 11.8 Å². The number of nitriles is 1. The van der Waals surface area contributed by atoms with Crippen LogP contribution >= 0.6 is 0 Å². The molecule has 0 amide bonds. The predicted molar refractivity (Wildman–Crippen MR) is 95.9 cm³/mol. The Morgan fingerprint density at radius 2 is 1.88 bits per heavy atom. The van der Waals surface area contributed by atoms with Gasteiger partial charge in [0.1, 0.15) is 11.7 Å². The smallest absolute Gasteiger partial charge is 0.205 e. The lowest BCUT2D eigenvalue weighted by Crippen LogP contribution is -2.31. The molecule has 0 saturated carbocycles. The molecule has 1 aliphatic heterocycles. The van der Waals surface area contributed by atoms with Crippen molar-refractivity contribution in [2.75, 3.05) is 19.0 Å². The van der Waals surface area contributed by atoms with Gasteiger partial charge in [-0.3, -0.25) is 5.41 Å². The van der Waals surface area contributed by atoms with Crippen molar-refractivity contribution in [1.29, 1.82) is 10.7 Å². The SMILES string of the molecule is CCc1ccc(C2c3ccc(N(C)C)cc3OC(=N)C2C#N)cc1. The van der Waals surface area contributed by atoms with Gasteiger partial charge < -0.3 is 9.64 Å². The van der Waals surface area contributed by atoms with E-state index in [2.05, 4.69) is 37.3 Å². The van der Waals surface area contributed by atoms with Gasteiger partial charge in [-0.25, -0.2) is 0 Å². The number of hydrogen-bond acceptors (Lipinski definition) is 4. The van der Waals surface area contributed by atoms with Crippen molar-refractivity contribution in [3.05, 3.63) is 59.2 Å². The molecule has 1 heterocycles. The number of anilines is 1. The molecule has 2 aromatic carbocycles. The second kappa shape index (κ2) is 6.37. The molecule has 0 aromatic heterocycles. The number of nitrogens with zero attached hydrogens (tertiary/aromatic N) is 2. The summed E-state index contributed by atoms with van der Waals surface area (Å²) in [5.74, 6) is -0.0868. The Morgan fingerprint density at radius 1 is 1.17 bits per heavy atom. The first kappa shape index (κ1) is 16.1. The molecule has 2 aromatic rings. The number of nitrogens with one attached hydrogen (secondary N) is 1. The van der Waals surface area contributed by atoms with Crippen molar-refractivity contribution >= 4 is 11.6 Å². The number of ether oxygens (including phenoxy) is 1. The molecule has 4 heteroatoms. The van der Waals surface area contributed by atoms with E-state index in [-0.39, 0.29) is 11.8 Å². The average molecular weight is 319 g/mol. The lowest BCUT2D eigenvalue weighted by molar-refractivity contribution is 0.450. The quantitative estimate of drug-likeness (QED) is 0.931. The molecule has 0 bridgehead atoms. The zero-order valence-electron chi connectivity index (χ0n) is 14.2. The number of benzene rings is 2. The van der Waals surface area contributed by atoms with Gasteiger partial charge in [0.15, 0.2) is 0 Å². The monoisotopic (exact) mass is 319 g/mol. The minimum Gasteiger partial charge on any atom is -0.442 e. The molecular formula is C20H21N3O. The normalized spacial score (nSPS) is 19.2. The van der Waals surface area contributed by atoms with Crippen LogP contribution in [0.5, 0.6) is 5.75 Å². The third-order valence-corrected chi connectivity index (χ3v) is 4.57. The van der Waals surface area contributed by atoms with Gasteiger partial charge in [0, 0.05) is 37.3 Å². The summed E-state index contributed by atoms with van der Waals surface area (Å²) >= 11 is 0. The third-order valence-electron chi connectivity index (χ3n) is 4.57. The fraction of sp³-hybridized carbons (Fsp3) is 0.300. The van der Waals surface area contributed by atoms with E-state index in [1.807, 2.05) is 37.2 Å². The highest BCUT2D eigenvalue weighted by atomic mass is 16.5. The number of hydrogen-bond donors (Lipinski definition) is 1. The third kappa shape index (κ3) is 2.74. The molecule has 0 fully saturated rings. The van der Waals surface area contributed by atoms with Gasteiger partial charge >= 0.3 is 0 Å². The van der Waals surface area contributed by atoms with Crippen molar-refractivity contribution in [1.82, 2.24) is 0 Å². The van der Waals surface area contributed by atoms with E-state index < -0.39 is 5.92 Å². The standard InChI is InChI=1S/C20H21N3O/c1-4-13-5-7-14(8-6-13)19-16-10-9-15(23(2)3)11-18(16)24-20(22)17(19)12-21/h5-11,17,19,22H,4H2,1-3H3. The first-order chi connectivity index (χ1) is 11.5. The largest absolute Gasteiger partial charge is 0.442 e. The highest BCUT2D eigenvalue weighted by Crippen LogP contribution is 2.43. The zero-order valence-corrected chi connectivity index (χ0v) is 14.2. The van der Waals surface area contributed by atoms with Gasteiger partial charge in [-0.15, -0.1) is 0 Å². The van der Waals surface area contributed by atoms with Crippen LogP contribution in [-0.2, 0) is 6.42 Å². The highest BCUT2D eigenvalue weighted by molar-refractivity contribution is 5.85. The van der Waals surface area contributed by atoms with E-state index in [0.29, 0.717) is 5.75 Å². The van der Waals surface area contributed by atoms with E-state index in [9.17, 15) is 5.26 Å². The van der Waals surface area contributed by atoms with Crippen LogP contribution in [0.25, 0.3) is 0 Å². The fourth-order valence-electron chi connectivity index (χ4n) is 3.13. The maximum absolute atomic E-state index is 9.58. The molecule has 24 heavy (non-hydrogen) atoms. The van der Waals surface area contributed by atoms with E-state index in [1.54, 1.807) is 0 Å². The molecule has 122 valence electrons. The zero-order chi connectivity index (χ0) is 17.3. The summed E-state index contributed by atoms with van der Waals surface area (Å²) < 4.78 is 5.66. The van der Waals surface area contributed by atoms with Crippen molar-refractivity contribution in [2.45, 2.75) is 19.3 Å². The van der Waals surface area contributed by atoms with E-state index in [1.165, 1.54) is 5.56 Å². The summed E-state index contributed by atoms with van der Waals surface area (Å²) in [6, 6.07) is 16.5. The predicted octanol–water partition coefficient (Wildman–Crippen LogP) is 3.96. The van der Waals surface area contributed by atoms with Crippen LogP contribution in [0.15, 0.2) is 42.5 Å². The summed E-state index contributed by atoms with van der Waals surface area (Å²) in [4.78, 5) is 1.99. The minimum atomic E-state index is -0.602. The lowest BCUT2D eigenvalue weighted by atomic mass is 9.79. The summed E-state index contributed by atoms with van der Waals surface area (Å²) in [6.45, 7) is 2.12. The van der Waals surface area contributed by atoms with Crippen molar-refractivity contribution in [2.24, 2.45) is 5.92 Å². The highest BCUT2D eigenvalue weighted by Gasteiger charge is 2.36. The lowest BCUT2D eigenvalue weighted by Gasteiger charge is -2.31. The van der Waals surface area contributed by atoms with Crippen LogP contribution in [0, 0.1) is 22.7 Å². The molecule has 0 saturated heterocycles. The maximum Gasteiger partial charge on any atom is 0.205 e. The Labute approximate surface area is 142 Å². The first-order valence-electron chi connectivity index (χ1n) is 8.11. The minimum absolute atomic E-state index is 0.0190. The molecule has 2 unspecified atom stereocenters. The fourth-order valence-corrected chi connectivity index (χ4v) is 3.13. The van der Waals surface area contributed by atoms with Crippen LogP contribution in [0.4, 0.5) is 5.69 Å². The summed E-state index contributed by atoms with van der Waals surface area (Å²) in [6.07, 6.45) is 0.980. The van der Waals surface area contributed by atoms with Gasteiger partial charge in [-0.1, -0.05) is 37.3 Å². The van der Waals surface area contributed by atoms with Crippen LogP contribution in [0.1, 0.15) is 29.5 Å². The Morgan fingerprint density at radius 3 is 2.46 bits per heavy atom. The summed E-state index contributed by atoms with van der Waals surface area (Å²) in [5.41, 5.74) is 4.28. The van der Waals surface area contributed by atoms with Crippen LogP contribution in [0.2, 0.25) is 0 Å². The van der Waals surface area contributed by atoms with Crippen LogP contribution in [-0.4, -0.2) is 20.0 Å². The van der Waals surface area contributed by atoms with Gasteiger partial charge in [0.05, 0.1) is 6.07 Å². The molecule has 0 radical (unpaired) electrons. The first-order valence-corrected chi connectivity index (χ1v) is 8.11. The van der Waals surface area contributed by atoms with Gasteiger partial charge in [-0.2, -0.15) is 5.26 Å². The molecule has 0 aliphatic carbocycles. The van der Waals surface area contributed by atoms with Crippen molar-refractivity contribution < 1.29 is 4.74 Å². The Hall–Kier alpha value is -2.80. The Bertz CT molecular complexity index is 803. The Kier molecular flexibility index (Phi) is 4.26. The second-order valence-corrected chi connectivity index (χ2v) is 6.26. The van der Waals surface area contributed by atoms with E-state index in [0.717, 1.165) is 23.2 Å². The molecule has 0 spiro atoms. The average Bonchev–Trinajstić information content (AvgIpc) is 2.60. The van der Waals surface area contributed by atoms with Gasteiger partial charge in [-0.05, 0) is 23.6 Å². The molecule has 4 nitrogen and oxygen atoms in total. The molecule has 1 aliphatic rings. The maximum atomic E-state index is 9.58. The summed E-state index contributed by atoms with van der Waals surface area (Å²) in [5, 5.41) is 17.7. The Balaban J connectivity index is 2.12. The summed E-state index contributed by atoms with van der Waals surface area (Å²) in [7, 11) is 3.93. The topological polar surface area (TPSA) is 60.1 Å². The van der Waals surface area contributed by atoms with Gasteiger partial charge in [0.25, 0.3) is 0 Å². The molecule has 1 N–H and O–H groups in total. The van der Waals surface area contributed by atoms with Gasteiger partial charge in [0.2, 0.25) is 5.90 Å². The number of aryl methyl sites for hydroxylation is 1. The van der Waals surface area contributed by atoms with E-state index in [4.69, 9.17) is 10.1 Å². The molecule has 3 rings (SSSR count). The number of rotatable bonds is 3. The van der Waals surface area contributed by atoms with Crippen LogP contribution < -0.4 is 9.64 Å². The molecule has 2 atom stereocenters. The molecular weight excluding hydrogens is 298 g/mol. The van der Waals surface area contributed by atoms with Crippen LogP contribution in [0.3, 0.4) is 0 Å². The second-order valence-electron chi connectivity index (χ2n) is 6.26. The van der Waals surface area contributed by atoms with Crippen molar-refractivity contribution in [3.63, 3.8) is 0 Å².